The van der Waals surface area contributed by atoms with E-state index in [4.69, 9.17) is 9.47 Å². The minimum absolute atomic E-state index is 0.107. The lowest BCUT2D eigenvalue weighted by molar-refractivity contribution is 0.0601. The smallest absolute Gasteiger partial charge is 0.273 e. The van der Waals surface area contributed by atoms with Crippen LogP contribution in [-0.2, 0) is 4.74 Å². The molecule has 1 aromatic heterocycles. The van der Waals surface area contributed by atoms with Gasteiger partial charge in [-0.15, -0.1) is 0 Å². The van der Waals surface area contributed by atoms with E-state index < -0.39 is 0 Å². The first-order valence-corrected chi connectivity index (χ1v) is 12.0. The van der Waals surface area contributed by atoms with Gasteiger partial charge in [0.05, 0.1) is 12.1 Å². The number of phenolic OH excluding ortho intramolecular Hbond substituents is 1. The second-order valence-electron chi connectivity index (χ2n) is 9.18. The first-order valence-electron chi connectivity index (χ1n) is 12.0. The van der Waals surface area contributed by atoms with Crippen LogP contribution >= 0.6 is 0 Å². The SMILES string of the molecule is C=CCOc1ccc(C2c3c(-c4c(C)cc(C)cc4O)n[nH]c3C(=O)N2CCCOC(C)C)cc1. The van der Waals surface area contributed by atoms with Crippen molar-refractivity contribution in [1.82, 2.24) is 15.1 Å². The van der Waals surface area contributed by atoms with Gasteiger partial charge in [-0.25, -0.2) is 0 Å². The molecule has 4 rings (SSSR count). The molecule has 0 fully saturated rings. The van der Waals surface area contributed by atoms with Crippen LogP contribution in [0.2, 0.25) is 0 Å². The highest BCUT2D eigenvalue weighted by Crippen LogP contribution is 2.45. The molecule has 1 aliphatic heterocycles. The van der Waals surface area contributed by atoms with Gasteiger partial charge in [-0.05, 0) is 69.0 Å². The Morgan fingerprint density at radius 2 is 1.97 bits per heavy atom. The van der Waals surface area contributed by atoms with Crippen molar-refractivity contribution < 1.29 is 19.4 Å². The Morgan fingerprint density at radius 3 is 2.63 bits per heavy atom. The molecule has 1 aliphatic rings. The maximum absolute atomic E-state index is 13.5. The topological polar surface area (TPSA) is 87.7 Å². The van der Waals surface area contributed by atoms with Crippen LogP contribution in [0.15, 0.2) is 49.1 Å². The zero-order chi connectivity index (χ0) is 25.1. The second kappa shape index (κ2) is 10.4. The molecule has 0 saturated heterocycles. The highest BCUT2D eigenvalue weighted by Gasteiger charge is 2.42. The lowest BCUT2D eigenvalue weighted by Gasteiger charge is -2.27. The summed E-state index contributed by atoms with van der Waals surface area (Å²) in [7, 11) is 0. The summed E-state index contributed by atoms with van der Waals surface area (Å²) in [6, 6.07) is 11.1. The molecule has 2 heterocycles. The Balaban J connectivity index is 1.76. The molecule has 7 nitrogen and oxygen atoms in total. The van der Waals surface area contributed by atoms with Gasteiger partial charge < -0.3 is 19.5 Å². The lowest BCUT2D eigenvalue weighted by Crippen LogP contribution is -2.31. The number of carbonyl (C=O) groups is 1. The minimum Gasteiger partial charge on any atom is -0.507 e. The number of amides is 1. The average Bonchev–Trinajstić information content (AvgIpc) is 3.34. The van der Waals surface area contributed by atoms with Gasteiger partial charge in [-0.3, -0.25) is 9.89 Å². The van der Waals surface area contributed by atoms with Crippen molar-refractivity contribution in [3.8, 4) is 22.8 Å². The third-order valence-electron chi connectivity index (χ3n) is 6.12. The summed E-state index contributed by atoms with van der Waals surface area (Å²) in [5.41, 5.74) is 5.29. The number of ether oxygens (including phenoxy) is 2. The normalized spacial score (nSPS) is 15.1. The van der Waals surface area contributed by atoms with E-state index in [0.717, 1.165) is 28.0 Å². The van der Waals surface area contributed by atoms with E-state index >= 15 is 0 Å². The predicted molar refractivity (Wildman–Crippen MR) is 136 cm³/mol. The highest BCUT2D eigenvalue weighted by atomic mass is 16.5. The molecular weight excluding hydrogens is 442 g/mol. The van der Waals surface area contributed by atoms with Crippen molar-refractivity contribution in [2.45, 2.75) is 46.3 Å². The van der Waals surface area contributed by atoms with E-state index in [1.54, 1.807) is 12.1 Å². The monoisotopic (exact) mass is 475 g/mol. The molecule has 35 heavy (non-hydrogen) atoms. The Hall–Kier alpha value is -3.58. The van der Waals surface area contributed by atoms with Gasteiger partial charge in [0, 0.05) is 24.3 Å². The number of benzene rings is 2. The van der Waals surface area contributed by atoms with Crippen molar-refractivity contribution >= 4 is 5.91 Å². The number of aromatic nitrogens is 2. The first-order chi connectivity index (χ1) is 16.8. The first kappa shape index (κ1) is 24.5. The van der Waals surface area contributed by atoms with Crippen LogP contribution in [0.5, 0.6) is 11.5 Å². The van der Waals surface area contributed by atoms with Crippen molar-refractivity contribution in [3.63, 3.8) is 0 Å². The zero-order valence-electron chi connectivity index (χ0n) is 20.8. The van der Waals surface area contributed by atoms with E-state index in [9.17, 15) is 9.90 Å². The molecule has 1 amide bonds. The summed E-state index contributed by atoms with van der Waals surface area (Å²) in [5.74, 6) is 0.777. The van der Waals surface area contributed by atoms with E-state index in [-0.39, 0.29) is 23.8 Å². The maximum atomic E-state index is 13.5. The summed E-state index contributed by atoms with van der Waals surface area (Å²) in [5, 5.41) is 18.3. The number of rotatable bonds is 10. The number of fused-ring (bicyclic) bond motifs is 1. The number of phenols is 1. The van der Waals surface area contributed by atoms with Gasteiger partial charge in [0.1, 0.15) is 29.5 Å². The van der Waals surface area contributed by atoms with Crippen LogP contribution in [0.4, 0.5) is 0 Å². The molecule has 3 aromatic rings. The largest absolute Gasteiger partial charge is 0.507 e. The van der Waals surface area contributed by atoms with E-state index in [1.807, 2.05) is 62.9 Å². The third-order valence-corrected chi connectivity index (χ3v) is 6.12. The van der Waals surface area contributed by atoms with Crippen LogP contribution in [0.3, 0.4) is 0 Å². The molecule has 184 valence electrons. The lowest BCUT2D eigenvalue weighted by atomic mass is 9.93. The van der Waals surface area contributed by atoms with Crippen LogP contribution in [0, 0.1) is 13.8 Å². The van der Waals surface area contributed by atoms with Crippen molar-refractivity contribution in [2.24, 2.45) is 0 Å². The Bertz CT molecular complexity index is 1190. The summed E-state index contributed by atoms with van der Waals surface area (Å²) in [6.07, 6.45) is 2.55. The summed E-state index contributed by atoms with van der Waals surface area (Å²) < 4.78 is 11.4. The molecule has 2 aromatic carbocycles. The molecule has 0 bridgehead atoms. The van der Waals surface area contributed by atoms with Crippen LogP contribution < -0.4 is 4.74 Å². The van der Waals surface area contributed by atoms with Crippen LogP contribution in [0.1, 0.15) is 59.1 Å². The zero-order valence-corrected chi connectivity index (χ0v) is 20.8. The third kappa shape index (κ3) is 4.95. The second-order valence-corrected chi connectivity index (χ2v) is 9.18. The number of H-pyrrole nitrogens is 1. The summed E-state index contributed by atoms with van der Waals surface area (Å²) in [4.78, 5) is 15.4. The van der Waals surface area contributed by atoms with E-state index in [2.05, 4.69) is 16.8 Å². The molecule has 1 unspecified atom stereocenters. The summed E-state index contributed by atoms with van der Waals surface area (Å²) >= 11 is 0. The molecule has 0 aliphatic carbocycles. The average molecular weight is 476 g/mol. The number of hydrogen-bond donors (Lipinski definition) is 2. The summed E-state index contributed by atoms with van der Waals surface area (Å²) in [6.45, 7) is 13.1. The quantitative estimate of drug-likeness (QED) is 0.306. The number of hydrogen-bond acceptors (Lipinski definition) is 5. The molecule has 0 radical (unpaired) electrons. The number of nitrogens with one attached hydrogen (secondary N) is 1. The van der Waals surface area contributed by atoms with Gasteiger partial charge in [0.25, 0.3) is 5.91 Å². The fourth-order valence-corrected chi connectivity index (χ4v) is 4.67. The Kier molecular flexibility index (Phi) is 7.26. The number of nitrogens with zero attached hydrogens (tertiary/aromatic N) is 2. The van der Waals surface area contributed by atoms with E-state index in [0.29, 0.717) is 43.1 Å². The van der Waals surface area contributed by atoms with Crippen LogP contribution in [-0.4, -0.2) is 52.0 Å². The number of carbonyl (C=O) groups excluding carboxylic acids is 1. The predicted octanol–water partition coefficient (Wildman–Crippen LogP) is 5.32. The van der Waals surface area contributed by atoms with Gasteiger partial charge in [-0.1, -0.05) is 30.9 Å². The minimum atomic E-state index is -0.348. The standard InChI is InChI=1S/C28H33N3O4/c1-6-13-35-21-10-8-20(9-11-21)27-24-25(23-19(5)15-18(4)16-22(23)32)29-30-26(24)28(33)31(27)12-7-14-34-17(2)3/h6,8-11,15-17,27,32H,1,7,12-14H2,2-5H3,(H,29,30). The fourth-order valence-electron chi connectivity index (χ4n) is 4.67. The molecule has 0 spiro atoms. The maximum Gasteiger partial charge on any atom is 0.273 e. The molecule has 0 saturated carbocycles. The fraction of sp³-hybridized carbons (Fsp3) is 0.357. The van der Waals surface area contributed by atoms with Crippen molar-refractivity contribution in [3.05, 3.63) is 77.0 Å². The number of aromatic hydroxyl groups is 1. The Morgan fingerprint density at radius 1 is 1.23 bits per heavy atom. The van der Waals surface area contributed by atoms with Gasteiger partial charge in [0.15, 0.2) is 0 Å². The van der Waals surface area contributed by atoms with Gasteiger partial charge in [0.2, 0.25) is 0 Å². The molecular formula is C28H33N3O4. The molecule has 1 atom stereocenters. The molecule has 7 heteroatoms. The Labute approximate surface area is 206 Å². The number of aromatic amines is 1. The van der Waals surface area contributed by atoms with Gasteiger partial charge >= 0.3 is 0 Å². The van der Waals surface area contributed by atoms with E-state index in [1.165, 1.54) is 0 Å². The van der Waals surface area contributed by atoms with Crippen molar-refractivity contribution in [2.75, 3.05) is 19.8 Å². The van der Waals surface area contributed by atoms with Crippen LogP contribution in [0.25, 0.3) is 11.3 Å². The molecule has 2 N–H and O–H groups in total. The van der Waals surface area contributed by atoms with Gasteiger partial charge in [-0.2, -0.15) is 5.10 Å². The number of aryl methyl sites for hydroxylation is 2. The van der Waals surface area contributed by atoms with Crippen molar-refractivity contribution in [1.29, 1.82) is 0 Å². The highest BCUT2D eigenvalue weighted by molar-refractivity contribution is 6.00.